The number of nitrogens with zero attached hydrogens (tertiary/aromatic N) is 2. The van der Waals surface area contributed by atoms with E-state index in [4.69, 9.17) is 0 Å². The zero-order chi connectivity index (χ0) is 11.8. The lowest BCUT2D eigenvalue weighted by Crippen LogP contribution is -2.30. The van der Waals surface area contributed by atoms with E-state index in [-0.39, 0.29) is 0 Å². The molecule has 1 N–H and O–H groups in total. The summed E-state index contributed by atoms with van der Waals surface area (Å²) in [5.41, 5.74) is 4.04. The van der Waals surface area contributed by atoms with Crippen molar-refractivity contribution < 1.29 is 0 Å². The Hall–Kier alpha value is -1.64. The highest BCUT2D eigenvalue weighted by Crippen LogP contribution is 2.29. The summed E-state index contributed by atoms with van der Waals surface area (Å²) >= 11 is 0. The fourth-order valence-corrected chi connectivity index (χ4v) is 2.41. The summed E-state index contributed by atoms with van der Waals surface area (Å²) in [7, 11) is 0. The highest BCUT2D eigenvalue weighted by Gasteiger charge is 2.18. The van der Waals surface area contributed by atoms with Gasteiger partial charge in [0.2, 0.25) is 0 Å². The van der Waals surface area contributed by atoms with Crippen LogP contribution >= 0.6 is 0 Å². The monoisotopic (exact) mass is 229 g/mol. The van der Waals surface area contributed by atoms with Crippen molar-refractivity contribution in [2.24, 2.45) is 0 Å². The lowest BCUT2D eigenvalue weighted by atomic mass is 10.1. The molecular formula is C14H19N3. The molecule has 0 saturated heterocycles. The van der Waals surface area contributed by atoms with E-state index in [1.54, 1.807) is 0 Å². The second kappa shape index (κ2) is 3.99. The van der Waals surface area contributed by atoms with Crippen molar-refractivity contribution in [1.82, 2.24) is 4.90 Å². The molecular weight excluding hydrogens is 210 g/mol. The second-order valence-corrected chi connectivity index (χ2v) is 5.04. The van der Waals surface area contributed by atoms with Crippen LogP contribution in [0.3, 0.4) is 0 Å². The topological polar surface area (TPSA) is 18.5 Å². The van der Waals surface area contributed by atoms with Gasteiger partial charge in [0.1, 0.15) is 0 Å². The molecule has 2 aliphatic heterocycles. The minimum Gasteiger partial charge on any atom is -0.384 e. The summed E-state index contributed by atoms with van der Waals surface area (Å²) in [5, 5.41) is 3.40. The van der Waals surface area contributed by atoms with Gasteiger partial charge in [-0.25, -0.2) is 0 Å². The fraction of sp³-hybridized carbons (Fsp3) is 0.429. The van der Waals surface area contributed by atoms with E-state index in [2.05, 4.69) is 59.6 Å². The molecule has 0 aliphatic carbocycles. The van der Waals surface area contributed by atoms with Crippen LogP contribution in [0.2, 0.25) is 0 Å². The molecule has 0 unspecified atom stereocenters. The summed E-state index contributed by atoms with van der Waals surface area (Å²) < 4.78 is 0. The predicted molar refractivity (Wildman–Crippen MR) is 72.1 cm³/mol. The first-order valence-corrected chi connectivity index (χ1v) is 6.31. The average molecular weight is 229 g/mol. The predicted octanol–water partition coefficient (Wildman–Crippen LogP) is 2.61. The first kappa shape index (κ1) is 10.5. The van der Waals surface area contributed by atoms with E-state index >= 15 is 0 Å². The molecule has 3 rings (SSSR count). The number of benzene rings is 1. The van der Waals surface area contributed by atoms with Gasteiger partial charge in [0.15, 0.2) is 0 Å². The number of nitrogens with one attached hydrogen (secondary N) is 1. The molecule has 0 saturated carbocycles. The average Bonchev–Trinajstić information content (AvgIpc) is 2.97. The maximum Gasteiger partial charge on any atom is 0.0944 e. The molecule has 0 bridgehead atoms. The Labute approximate surface area is 103 Å². The van der Waals surface area contributed by atoms with Gasteiger partial charge in [0.05, 0.1) is 6.67 Å². The van der Waals surface area contributed by atoms with Crippen molar-refractivity contribution in [1.29, 1.82) is 0 Å². The van der Waals surface area contributed by atoms with E-state index in [1.165, 1.54) is 16.9 Å². The minimum absolute atomic E-state index is 0.562. The molecule has 0 radical (unpaired) electrons. The van der Waals surface area contributed by atoms with Crippen molar-refractivity contribution in [3.63, 3.8) is 0 Å². The Bertz CT molecular complexity index is 451. The molecule has 1 aromatic carbocycles. The van der Waals surface area contributed by atoms with Crippen molar-refractivity contribution >= 4 is 11.4 Å². The lowest BCUT2D eigenvalue weighted by molar-refractivity contribution is 0.336. The van der Waals surface area contributed by atoms with Gasteiger partial charge < -0.3 is 15.1 Å². The molecule has 2 heterocycles. The van der Waals surface area contributed by atoms with E-state index in [9.17, 15) is 0 Å². The molecule has 0 fully saturated rings. The van der Waals surface area contributed by atoms with Crippen molar-refractivity contribution in [3.8, 4) is 0 Å². The van der Waals surface area contributed by atoms with E-state index in [0.29, 0.717) is 6.04 Å². The summed E-state index contributed by atoms with van der Waals surface area (Å²) in [6, 6.07) is 7.27. The van der Waals surface area contributed by atoms with Gasteiger partial charge in [-0.1, -0.05) is 0 Å². The van der Waals surface area contributed by atoms with Crippen LogP contribution in [0.15, 0.2) is 30.6 Å². The van der Waals surface area contributed by atoms with Crippen LogP contribution in [0.25, 0.3) is 0 Å². The normalized spacial score (nSPS) is 17.8. The van der Waals surface area contributed by atoms with Crippen LogP contribution in [-0.4, -0.2) is 24.2 Å². The molecule has 2 aliphatic rings. The number of rotatable bonds is 2. The van der Waals surface area contributed by atoms with Gasteiger partial charge in [-0.15, -0.1) is 0 Å². The Morgan fingerprint density at radius 3 is 2.88 bits per heavy atom. The fourth-order valence-electron chi connectivity index (χ4n) is 2.41. The third-order valence-corrected chi connectivity index (χ3v) is 3.55. The smallest absolute Gasteiger partial charge is 0.0944 e. The third kappa shape index (κ3) is 1.86. The molecule has 0 atom stereocenters. The minimum atomic E-state index is 0.562. The summed E-state index contributed by atoms with van der Waals surface area (Å²) in [4.78, 5) is 4.64. The van der Waals surface area contributed by atoms with Gasteiger partial charge in [0.25, 0.3) is 0 Å². The highest BCUT2D eigenvalue weighted by atomic mass is 15.3. The molecule has 3 heteroatoms. The highest BCUT2D eigenvalue weighted by molar-refractivity contribution is 5.64. The van der Waals surface area contributed by atoms with Gasteiger partial charge in [0, 0.05) is 36.4 Å². The maximum atomic E-state index is 3.40. The first-order chi connectivity index (χ1) is 8.24. The zero-order valence-corrected chi connectivity index (χ0v) is 10.5. The van der Waals surface area contributed by atoms with Gasteiger partial charge in [-0.3, -0.25) is 0 Å². The number of anilines is 2. The van der Waals surface area contributed by atoms with Crippen molar-refractivity contribution in [2.75, 3.05) is 23.4 Å². The van der Waals surface area contributed by atoms with Gasteiger partial charge in [-0.2, -0.15) is 0 Å². The van der Waals surface area contributed by atoms with Crippen LogP contribution in [0.5, 0.6) is 0 Å². The molecule has 0 aromatic heterocycles. The molecule has 1 aromatic rings. The largest absolute Gasteiger partial charge is 0.384 e. The molecule has 0 spiro atoms. The van der Waals surface area contributed by atoms with Crippen LogP contribution < -0.4 is 10.2 Å². The number of hydrogen-bond donors (Lipinski definition) is 1. The maximum absolute atomic E-state index is 3.40. The Morgan fingerprint density at radius 1 is 1.24 bits per heavy atom. The van der Waals surface area contributed by atoms with Crippen LogP contribution in [0.1, 0.15) is 19.4 Å². The van der Waals surface area contributed by atoms with Crippen molar-refractivity contribution in [3.05, 3.63) is 36.2 Å². The molecule has 90 valence electrons. The molecule has 0 amide bonds. The summed E-state index contributed by atoms with van der Waals surface area (Å²) in [6.07, 6.45) is 5.49. The van der Waals surface area contributed by atoms with Crippen LogP contribution in [-0.2, 0) is 6.42 Å². The second-order valence-electron chi connectivity index (χ2n) is 5.04. The number of fused-ring (bicyclic) bond motifs is 1. The Morgan fingerprint density at radius 2 is 2.12 bits per heavy atom. The van der Waals surface area contributed by atoms with E-state index in [1.807, 2.05) is 0 Å². The SMILES string of the molecule is CC(C)N1C=CN(c2ccc3c(c2)CCN3)C1. The van der Waals surface area contributed by atoms with E-state index in [0.717, 1.165) is 19.6 Å². The Kier molecular flexibility index (Phi) is 2.46. The summed E-state index contributed by atoms with van der Waals surface area (Å²) in [5.74, 6) is 0. The molecule has 3 nitrogen and oxygen atoms in total. The van der Waals surface area contributed by atoms with Gasteiger partial charge >= 0.3 is 0 Å². The third-order valence-electron chi connectivity index (χ3n) is 3.55. The van der Waals surface area contributed by atoms with Gasteiger partial charge in [-0.05, 0) is 44.0 Å². The quantitative estimate of drug-likeness (QED) is 0.841. The number of hydrogen-bond acceptors (Lipinski definition) is 3. The van der Waals surface area contributed by atoms with Crippen LogP contribution in [0, 0.1) is 0 Å². The van der Waals surface area contributed by atoms with E-state index < -0.39 is 0 Å². The van der Waals surface area contributed by atoms with Crippen molar-refractivity contribution in [2.45, 2.75) is 26.3 Å². The Balaban J connectivity index is 1.80. The zero-order valence-electron chi connectivity index (χ0n) is 10.5. The summed E-state index contributed by atoms with van der Waals surface area (Å²) in [6.45, 7) is 6.48. The molecule has 17 heavy (non-hydrogen) atoms. The first-order valence-electron chi connectivity index (χ1n) is 6.31. The van der Waals surface area contributed by atoms with Crippen LogP contribution in [0.4, 0.5) is 11.4 Å². The standard InChI is InChI=1S/C14H19N3/c1-11(2)16-7-8-17(10-16)13-3-4-14-12(9-13)5-6-15-14/h3-4,7-9,11,15H,5-6,10H2,1-2H3. The lowest BCUT2D eigenvalue weighted by Gasteiger charge is -2.24.